The van der Waals surface area contributed by atoms with Gasteiger partial charge in [-0.2, -0.15) is 0 Å². The van der Waals surface area contributed by atoms with Gasteiger partial charge >= 0.3 is 0 Å². The minimum atomic E-state index is -0.710. The molecule has 16 heavy (non-hydrogen) atoms. The molecule has 1 aliphatic rings. The van der Waals surface area contributed by atoms with E-state index in [1.807, 2.05) is 27.7 Å². The maximum Gasteiger partial charge on any atom is 0.0767 e. The summed E-state index contributed by atoms with van der Waals surface area (Å²) in [5.74, 6) is 0. The highest BCUT2D eigenvalue weighted by atomic mass is 16.5. The molecule has 0 spiro atoms. The van der Waals surface area contributed by atoms with Gasteiger partial charge in [-0.3, -0.25) is 4.90 Å². The zero-order valence-electron chi connectivity index (χ0n) is 11.0. The van der Waals surface area contributed by atoms with Crippen molar-refractivity contribution in [1.29, 1.82) is 0 Å². The van der Waals surface area contributed by atoms with Crippen LogP contribution in [0.2, 0.25) is 0 Å². The Bertz CT molecular complexity index is 206. The zero-order valence-corrected chi connectivity index (χ0v) is 11.0. The van der Waals surface area contributed by atoms with Crippen LogP contribution in [0.1, 0.15) is 27.7 Å². The molecule has 4 heteroatoms. The normalized spacial score (nSPS) is 20.1. The first kappa shape index (κ1) is 13.9. The average Bonchev–Trinajstić information content (AvgIpc) is 2.17. The van der Waals surface area contributed by atoms with Crippen LogP contribution in [0.3, 0.4) is 0 Å². The van der Waals surface area contributed by atoms with E-state index in [2.05, 4.69) is 10.2 Å². The monoisotopic (exact) mass is 230 g/mol. The molecule has 1 fully saturated rings. The predicted octanol–water partition coefficient (Wildman–Crippen LogP) is 0.458. The molecule has 0 amide bonds. The predicted molar refractivity (Wildman–Crippen MR) is 65.6 cm³/mol. The Morgan fingerprint density at radius 1 is 1.19 bits per heavy atom. The van der Waals surface area contributed by atoms with Gasteiger partial charge in [0, 0.05) is 31.7 Å². The standard InChI is InChI=1S/C12H26N2O2/c1-11(2,12(3,4)15)13-5-6-14-7-9-16-10-8-14/h13,15H,5-10H2,1-4H3. The third kappa shape index (κ3) is 4.01. The summed E-state index contributed by atoms with van der Waals surface area (Å²) >= 11 is 0. The van der Waals surface area contributed by atoms with Crippen LogP contribution in [0.5, 0.6) is 0 Å². The van der Waals surface area contributed by atoms with E-state index >= 15 is 0 Å². The Morgan fingerprint density at radius 3 is 2.25 bits per heavy atom. The third-order valence-corrected chi connectivity index (χ3v) is 3.63. The highest BCUT2D eigenvalue weighted by Gasteiger charge is 2.34. The molecule has 0 aromatic rings. The molecule has 1 rings (SSSR count). The molecular weight excluding hydrogens is 204 g/mol. The van der Waals surface area contributed by atoms with Gasteiger partial charge in [0.15, 0.2) is 0 Å². The van der Waals surface area contributed by atoms with Crippen molar-refractivity contribution in [1.82, 2.24) is 10.2 Å². The summed E-state index contributed by atoms with van der Waals surface area (Å²) in [6.45, 7) is 13.4. The summed E-state index contributed by atoms with van der Waals surface area (Å²) in [6.07, 6.45) is 0. The van der Waals surface area contributed by atoms with Gasteiger partial charge < -0.3 is 15.2 Å². The Morgan fingerprint density at radius 2 is 1.75 bits per heavy atom. The number of hydrogen-bond donors (Lipinski definition) is 2. The highest BCUT2D eigenvalue weighted by Crippen LogP contribution is 2.19. The van der Waals surface area contributed by atoms with E-state index in [1.165, 1.54) is 0 Å². The Kier molecular flexibility index (Phi) is 4.73. The topological polar surface area (TPSA) is 44.7 Å². The van der Waals surface area contributed by atoms with E-state index in [4.69, 9.17) is 4.74 Å². The van der Waals surface area contributed by atoms with Crippen molar-refractivity contribution >= 4 is 0 Å². The fourth-order valence-corrected chi connectivity index (χ4v) is 1.57. The van der Waals surface area contributed by atoms with Crippen molar-refractivity contribution in [3.63, 3.8) is 0 Å². The molecule has 1 heterocycles. The largest absolute Gasteiger partial charge is 0.389 e. The van der Waals surface area contributed by atoms with Gasteiger partial charge in [0.25, 0.3) is 0 Å². The Labute approximate surface area is 99.0 Å². The Hall–Kier alpha value is -0.160. The van der Waals surface area contributed by atoms with Gasteiger partial charge in [0.2, 0.25) is 0 Å². The smallest absolute Gasteiger partial charge is 0.0767 e. The second-order valence-corrected chi connectivity index (χ2v) is 5.56. The summed E-state index contributed by atoms with van der Waals surface area (Å²) in [4.78, 5) is 2.39. The first-order valence-electron chi connectivity index (χ1n) is 6.10. The second kappa shape index (κ2) is 5.45. The van der Waals surface area contributed by atoms with Gasteiger partial charge in [-0.1, -0.05) is 0 Å². The molecule has 1 aliphatic heterocycles. The fraction of sp³-hybridized carbons (Fsp3) is 1.00. The van der Waals surface area contributed by atoms with Crippen molar-refractivity contribution < 1.29 is 9.84 Å². The number of nitrogens with one attached hydrogen (secondary N) is 1. The fourth-order valence-electron chi connectivity index (χ4n) is 1.57. The van der Waals surface area contributed by atoms with Gasteiger partial charge in [-0.15, -0.1) is 0 Å². The molecule has 0 atom stereocenters. The maximum atomic E-state index is 9.99. The van der Waals surface area contributed by atoms with Gasteiger partial charge in [-0.05, 0) is 27.7 Å². The number of nitrogens with zero attached hydrogens (tertiary/aromatic N) is 1. The lowest BCUT2D eigenvalue weighted by molar-refractivity contribution is -0.00784. The molecule has 0 aromatic carbocycles. The average molecular weight is 230 g/mol. The lowest BCUT2D eigenvalue weighted by atomic mass is 9.86. The summed E-state index contributed by atoms with van der Waals surface area (Å²) in [5, 5.41) is 13.4. The highest BCUT2D eigenvalue weighted by molar-refractivity contribution is 4.93. The molecule has 0 aromatic heterocycles. The van der Waals surface area contributed by atoms with Crippen LogP contribution in [0.4, 0.5) is 0 Å². The van der Waals surface area contributed by atoms with Crippen LogP contribution in [0, 0.1) is 0 Å². The van der Waals surface area contributed by atoms with Crippen LogP contribution < -0.4 is 5.32 Å². The van der Waals surface area contributed by atoms with E-state index in [1.54, 1.807) is 0 Å². The van der Waals surface area contributed by atoms with Crippen LogP contribution in [0.25, 0.3) is 0 Å². The number of rotatable bonds is 5. The maximum absolute atomic E-state index is 9.99. The lowest BCUT2D eigenvalue weighted by Crippen LogP contribution is -2.57. The molecular formula is C12H26N2O2. The second-order valence-electron chi connectivity index (χ2n) is 5.56. The van der Waals surface area contributed by atoms with Crippen LogP contribution in [0.15, 0.2) is 0 Å². The number of hydrogen-bond acceptors (Lipinski definition) is 4. The first-order chi connectivity index (χ1) is 7.33. The van der Waals surface area contributed by atoms with Crippen molar-refractivity contribution in [3.05, 3.63) is 0 Å². The SMILES string of the molecule is CC(C)(O)C(C)(C)NCCN1CCOCC1. The minimum Gasteiger partial charge on any atom is -0.389 e. The van der Waals surface area contributed by atoms with Crippen molar-refractivity contribution in [2.75, 3.05) is 39.4 Å². The van der Waals surface area contributed by atoms with E-state index in [0.29, 0.717) is 0 Å². The van der Waals surface area contributed by atoms with Crippen molar-refractivity contribution in [2.24, 2.45) is 0 Å². The molecule has 0 saturated carbocycles. The molecule has 4 nitrogen and oxygen atoms in total. The molecule has 0 unspecified atom stereocenters. The molecule has 2 N–H and O–H groups in total. The molecule has 0 aliphatic carbocycles. The summed E-state index contributed by atoms with van der Waals surface area (Å²) < 4.78 is 5.30. The summed E-state index contributed by atoms with van der Waals surface area (Å²) in [7, 11) is 0. The quantitative estimate of drug-likeness (QED) is 0.720. The Balaban J connectivity index is 2.23. The molecule has 1 saturated heterocycles. The number of ether oxygens (including phenoxy) is 1. The molecule has 0 bridgehead atoms. The molecule has 96 valence electrons. The van der Waals surface area contributed by atoms with Gasteiger partial charge in [0.05, 0.1) is 18.8 Å². The van der Waals surface area contributed by atoms with Crippen LogP contribution in [-0.4, -0.2) is 60.5 Å². The van der Waals surface area contributed by atoms with Crippen LogP contribution >= 0.6 is 0 Å². The third-order valence-electron chi connectivity index (χ3n) is 3.63. The van der Waals surface area contributed by atoms with Gasteiger partial charge in [0.1, 0.15) is 0 Å². The minimum absolute atomic E-state index is 0.265. The first-order valence-corrected chi connectivity index (χ1v) is 6.10. The zero-order chi connectivity index (χ0) is 12.2. The van der Waals surface area contributed by atoms with E-state index in [-0.39, 0.29) is 5.54 Å². The van der Waals surface area contributed by atoms with E-state index < -0.39 is 5.60 Å². The van der Waals surface area contributed by atoms with Gasteiger partial charge in [-0.25, -0.2) is 0 Å². The molecule has 0 radical (unpaired) electrons. The van der Waals surface area contributed by atoms with Crippen LogP contribution in [-0.2, 0) is 4.74 Å². The van der Waals surface area contributed by atoms with E-state index in [9.17, 15) is 5.11 Å². The number of aliphatic hydroxyl groups is 1. The lowest BCUT2D eigenvalue weighted by Gasteiger charge is -2.39. The van der Waals surface area contributed by atoms with Crippen molar-refractivity contribution in [3.8, 4) is 0 Å². The summed E-state index contributed by atoms with van der Waals surface area (Å²) in [6, 6.07) is 0. The van der Waals surface area contributed by atoms with Crippen molar-refractivity contribution in [2.45, 2.75) is 38.8 Å². The summed E-state index contributed by atoms with van der Waals surface area (Å²) in [5.41, 5.74) is -0.975. The van der Waals surface area contributed by atoms with E-state index in [0.717, 1.165) is 39.4 Å². The number of morpholine rings is 1.